The average Bonchev–Trinajstić information content (AvgIpc) is 2.84. The third-order valence-electron chi connectivity index (χ3n) is 3.36. The summed E-state index contributed by atoms with van der Waals surface area (Å²) in [5.41, 5.74) is 3.42. The van der Waals surface area contributed by atoms with E-state index in [1.165, 1.54) is 0 Å². The van der Waals surface area contributed by atoms with E-state index in [1.807, 2.05) is 31.2 Å². The van der Waals surface area contributed by atoms with E-state index in [0.717, 1.165) is 11.1 Å². The summed E-state index contributed by atoms with van der Waals surface area (Å²) in [5.74, 6) is -0.496. The van der Waals surface area contributed by atoms with E-state index in [9.17, 15) is 4.79 Å². The molecule has 2 aromatic carbocycles. The molecular weight excluding hydrogens is 321 g/mol. The van der Waals surface area contributed by atoms with E-state index in [2.05, 4.69) is 5.16 Å². The van der Waals surface area contributed by atoms with Crippen LogP contribution in [-0.4, -0.2) is 11.7 Å². The second kappa shape index (κ2) is 5.95. The van der Waals surface area contributed by atoms with E-state index in [-0.39, 0.29) is 0 Å². The summed E-state index contributed by atoms with van der Waals surface area (Å²) >= 11 is 12.0. The molecule has 22 heavy (non-hydrogen) atoms. The molecule has 3 nitrogen and oxygen atoms in total. The molecule has 5 heteroatoms. The molecule has 0 atom stereocenters. The van der Waals surface area contributed by atoms with Gasteiger partial charge in [-0.2, -0.15) is 0 Å². The zero-order valence-corrected chi connectivity index (χ0v) is 13.2. The predicted molar refractivity (Wildman–Crippen MR) is 88.2 cm³/mol. The Morgan fingerprint density at radius 2 is 1.91 bits per heavy atom. The number of benzene rings is 2. The van der Waals surface area contributed by atoms with Gasteiger partial charge in [-0.1, -0.05) is 58.7 Å². The molecule has 0 unspecified atom stereocenters. The highest BCUT2D eigenvalue weighted by molar-refractivity contribution is 6.36. The minimum Gasteiger partial charge on any atom is -0.312 e. The van der Waals surface area contributed by atoms with Crippen molar-refractivity contribution in [2.45, 2.75) is 6.92 Å². The minimum atomic E-state index is -0.496. The van der Waals surface area contributed by atoms with Crippen LogP contribution in [0.2, 0.25) is 10.0 Å². The summed E-state index contributed by atoms with van der Waals surface area (Å²) in [4.78, 5) is 16.8. The van der Waals surface area contributed by atoms with Gasteiger partial charge in [-0.05, 0) is 36.3 Å². The number of aryl methyl sites for hydroxylation is 1. The van der Waals surface area contributed by atoms with Gasteiger partial charge >= 0.3 is 5.97 Å². The number of rotatable bonds is 2. The van der Waals surface area contributed by atoms with Crippen LogP contribution in [0.25, 0.3) is 6.08 Å². The molecule has 0 radical (unpaired) electrons. The van der Waals surface area contributed by atoms with Crippen LogP contribution < -0.4 is 0 Å². The molecule has 0 aliphatic carbocycles. The van der Waals surface area contributed by atoms with Gasteiger partial charge in [0, 0.05) is 15.6 Å². The summed E-state index contributed by atoms with van der Waals surface area (Å²) in [6.45, 7) is 1.95. The lowest BCUT2D eigenvalue weighted by molar-refractivity contribution is -0.136. The topological polar surface area (TPSA) is 38.7 Å². The zero-order chi connectivity index (χ0) is 15.7. The van der Waals surface area contributed by atoms with Crippen LogP contribution in [0.1, 0.15) is 16.7 Å². The van der Waals surface area contributed by atoms with Crippen LogP contribution in [0.4, 0.5) is 0 Å². The number of halogens is 2. The van der Waals surface area contributed by atoms with Crippen molar-refractivity contribution in [2.75, 3.05) is 0 Å². The lowest BCUT2D eigenvalue weighted by Crippen LogP contribution is -2.08. The molecular formula is C17H11Cl2NO2. The molecule has 1 aliphatic rings. The Bertz CT molecular complexity index is 825. The van der Waals surface area contributed by atoms with Crippen molar-refractivity contribution in [1.29, 1.82) is 0 Å². The summed E-state index contributed by atoms with van der Waals surface area (Å²) in [5, 5.41) is 4.90. The fourth-order valence-electron chi connectivity index (χ4n) is 2.22. The number of oxime groups is 1. The first kappa shape index (κ1) is 14.8. The van der Waals surface area contributed by atoms with Crippen LogP contribution in [0, 0.1) is 6.92 Å². The number of hydrogen-bond acceptors (Lipinski definition) is 3. The molecule has 0 aromatic heterocycles. The normalized spacial score (nSPS) is 15.9. The van der Waals surface area contributed by atoms with Gasteiger partial charge in [0.1, 0.15) is 5.71 Å². The Labute approximate surface area is 137 Å². The lowest BCUT2D eigenvalue weighted by Gasteiger charge is -2.05. The van der Waals surface area contributed by atoms with Crippen molar-refractivity contribution < 1.29 is 9.63 Å². The standard InChI is InChI=1S/C17H11Cl2NO2/c1-10-4-2-3-5-13(10)16-14(17(21)22-20-16)8-11-6-7-12(18)9-15(11)19/h2-9H,1H3. The second-order valence-electron chi connectivity index (χ2n) is 4.86. The third-order valence-corrected chi connectivity index (χ3v) is 3.92. The second-order valence-corrected chi connectivity index (χ2v) is 5.70. The smallest absolute Gasteiger partial charge is 0.312 e. The molecule has 0 saturated carbocycles. The van der Waals surface area contributed by atoms with E-state index in [0.29, 0.717) is 26.9 Å². The number of carbonyl (C=O) groups excluding carboxylic acids is 1. The van der Waals surface area contributed by atoms with Crippen molar-refractivity contribution in [1.82, 2.24) is 0 Å². The van der Waals surface area contributed by atoms with Crippen molar-refractivity contribution in [2.24, 2.45) is 5.16 Å². The molecule has 0 bridgehead atoms. The Hall–Kier alpha value is -2.10. The minimum absolute atomic E-state index is 0.374. The van der Waals surface area contributed by atoms with E-state index in [1.54, 1.807) is 24.3 Å². The Balaban J connectivity index is 2.08. The van der Waals surface area contributed by atoms with E-state index < -0.39 is 5.97 Å². The van der Waals surface area contributed by atoms with Crippen molar-refractivity contribution in [3.05, 3.63) is 74.8 Å². The third kappa shape index (κ3) is 2.78. The predicted octanol–water partition coefficient (Wildman–Crippen LogP) is 4.65. The largest absolute Gasteiger partial charge is 0.368 e. The molecule has 2 aromatic rings. The highest BCUT2D eigenvalue weighted by Crippen LogP contribution is 2.27. The molecule has 0 N–H and O–H groups in total. The van der Waals surface area contributed by atoms with Crippen molar-refractivity contribution >= 4 is 41.0 Å². The van der Waals surface area contributed by atoms with Gasteiger partial charge in [0.05, 0.1) is 5.57 Å². The molecule has 1 heterocycles. The maximum absolute atomic E-state index is 12.0. The molecule has 0 saturated heterocycles. The fourth-order valence-corrected chi connectivity index (χ4v) is 2.68. The van der Waals surface area contributed by atoms with Crippen LogP contribution in [0.3, 0.4) is 0 Å². The highest BCUT2D eigenvalue weighted by Gasteiger charge is 2.27. The molecule has 0 spiro atoms. The highest BCUT2D eigenvalue weighted by atomic mass is 35.5. The summed E-state index contributed by atoms with van der Waals surface area (Å²) in [6.07, 6.45) is 1.67. The monoisotopic (exact) mass is 331 g/mol. The van der Waals surface area contributed by atoms with Gasteiger partial charge in [-0.3, -0.25) is 0 Å². The Morgan fingerprint density at radius 3 is 2.64 bits per heavy atom. The Morgan fingerprint density at radius 1 is 1.14 bits per heavy atom. The summed E-state index contributed by atoms with van der Waals surface area (Å²) < 4.78 is 0. The molecule has 110 valence electrons. The van der Waals surface area contributed by atoms with Crippen LogP contribution >= 0.6 is 23.2 Å². The SMILES string of the molecule is Cc1ccccc1C1=NOC(=O)C1=Cc1ccc(Cl)cc1Cl. The van der Waals surface area contributed by atoms with Gasteiger partial charge < -0.3 is 4.84 Å². The van der Waals surface area contributed by atoms with E-state index >= 15 is 0 Å². The van der Waals surface area contributed by atoms with Crippen LogP contribution in [0.15, 0.2) is 53.2 Å². The first-order valence-corrected chi connectivity index (χ1v) is 7.34. The average molecular weight is 332 g/mol. The molecule has 1 aliphatic heterocycles. The fraction of sp³-hybridized carbons (Fsp3) is 0.0588. The first-order valence-electron chi connectivity index (χ1n) is 6.59. The summed E-state index contributed by atoms with van der Waals surface area (Å²) in [6, 6.07) is 12.8. The quantitative estimate of drug-likeness (QED) is 0.593. The number of nitrogens with zero attached hydrogens (tertiary/aromatic N) is 1. The van der Waals surface area contributed by atoms with Crippen LogP contribution in [0.5, 0.6) is 0 Å². The molecule has 0 amide bonds. The van der Waals surface area contributed by atoms with Gasteiger partial charge in [-0.15, -0.1) is 0 Å². The number of carbonyl (C=O) groups is 1. The van der Waals surface area contributed by atoms with Crippen molar-refractivity contribution in [3.63, 3.8) is 0 Å². The first-order chi connectivity index (χ1) is 10.6. The number of hydrogen-bond donors (Lipinski definition) is 0. The van der Waals surface area contributed by atoms with Gasteiger partial charge in [0.2, 0.25) is 0 Å². The summed E-state index contributed by atoms with van der Waals surface area (Å²) in [7, 11) is 0. The van der Waals surface area contributed by atoms with Crippen molar-refractivity contribution in [3.8, 4) is 0 Å². The van der Waals surface area contributed by atoms with Gasteiger partial charge in [0.25, 0.3) is 0 Å². The van der Waals surface area contributed by atoms with Gasteiger partial charge in [0.15, 0.2) is 0 Å². The molecule has 0 fully saturated rings. The maximum atomic E-state index is 12.0. The zero-order valence-electron chi connectivity index (χ0n) is 11.6. The van der Waals surface area contributed by atoms with E-state index in [4.69, 9.17) is 28.0 Å². The van der Waals surface area contributed by atoms with Crippen LogP contribution in [-0.2, 0) is 9.63 Å². The lowest BCUT2D eigenvalue weighted by atomic mass is 9.97. The van der Waals surface area contributed by atoms with Gasteiger partial charge in [-0.25, -0.2) is 4.79 Å². The molecule has 3 rings (SSSR count). The Kier molecular flexibility index (Phi) is 4.01. The maximum Gasteiger partial charge on any atom is 0.368 e.